The Labute approximate surface area is 147 Å². The van der Waals surface area contributed by atoms with Crippen molar-refractivity contribution in [2.24, 2.45) is 5.92 Å². The van der Waals surface area contributed by atoms with E-state index >= 15 is 0 Å². The minimum absolute atomic E-state index is 0.0841. The Bertz CT molecular complexity index is 763. The molecule has 2 heterocycles. The quantitative estimate of drug-likeness (QED) is 0.870. The number of pyridine rings is 1. The van der Waals surface area contributed by atoms with Crippen molar-refractivity contribution in [3.05, 3.63) is 47.7 Å². The molecule has 1 aromatic heterocycles. The predicted octanol–water partition coefficient (Wildman–Crippen LogP) is 2.87. The maximum atomic E-state index is 11.1. The van der Waals surface area contributed by atoms with Crippen molar-refractivity contribution in [1.82, 2.24) is 4.98 Å². The number of rotatable bonds is 6. The molecule has 132 valence electrons. The van der Waals surface area contributed by atoms with Crippen LogP contribution < -0.4 is 14.4 Å². The Morgan fingerprint density at radius 1 is 1.24 bits per heavy atom. The van der Waals surface area contributed by atoms with Crippen molar-refractivity contribution < 1.29 is 19.4 Å². The van der Waals surface area contributed by atoms with Gasteiger partial charge in [-0.25, -0.2) is 9.78 Å². The fourth-order valence-corrected chi connectivity index (χ4v) is 3.27. The summed E-state index contributed by atoms with van der Waals surface area (Å²) in [6, 6.07) is 11.1. The van der Waals surface area contributed by atoms with Crippen LogP contribution in [0.25, 0.3) is 0 Å². The van der Waals surface area contributed by atoms with Gasteiger partial charge >= 0.3 is 5.97 Å². The number of anilines is 1. The Morgan fingerprint density at radius 3 is 2.76 bits per heavy atom. The van der Waals surface area contributed by atoms with Gasteiger partial charge in [0.2, 0.25) is 0 Å². The summed E-state index contributed by atoms with van der Waals surface area (Å²) in [5, 5.41) is 9.09. The summed E-state index contributed by atoms with van der Waals surface area (Å²) in [5.74, 6) is 1.70. The van der Waals surface area contributed by atoms with Crippen LogP contribution in [0, 0.1) is 5.92 Å². The van der Waals surface area contributed by atoms with Gasteiger partial charge in [-0.1, -0.05) is 12.1 Å². The van der Waals surface area contributed by atoms with E-state index < -0.39 is 5.97 Å². The van der Waals surface area contributed by atoms with Crippen molar-refractivity contribution in [3.63, 3.8) is 0 Å². The SMILES string of the molecule is COc1ccc(CC2CCN(c3cccc(C(=O)O)n3)C2)cc1OC. The Kier molecular flexibility index (Phi) is 5.07. The van der Waals surface area contributed by atoms with E-state index in [1.165, 1.54) is 11.6 Å². The third-order valence-corrected chi connectivity index (χ3v) is 4.54. The lowest BCUT2D eigenvalue weighted by Gasteiger charge is -2.18. The molecule has 1 aromatic carbocycles. The molecule has 1 N–H and O–H groups in total. The first kappa shape index (κ1) is 17.1. The molecule has 0 aliphatic carbocycles. The molecule has 0 saturated carbocycles. The number of carbonyl (C=O) groups is 1. The van der Waals surface area contributed by atoms with E-state index in [9.17, 15) is 4.79 Å². The minimum atomic E-state index is -0.997. The largest absolute Gasteiger partial charge is 0.493 e. The molecule has 1 unspecified atom stereocenters. The minimum Gasteiger partial charge on any atom is -0.493 e. The Morgan fingerprint density at radius 2 is 2.04 bits per heavy atom. The first-order valence-electron chi connectivity index (χ1n) is 8.27. The van der Waals surface area contributed by atoms with Crippen LogP contribution in [0.15, 0.2) is 36.4 Å². The molecule has 2 aromatic rings. The van der Waals surface area contributed by atoms with Gasteiger partial charge in [-0.05, 0) is 48.6 Å². The molecule has 0 bridgehead atoms. The maximum absolute atomic E-state index is 11.1. The monoisotopic (exact) mass is 342 g/mol. The molecule has 6 nitrogen and oxygen atoms in total. The van der Waals surface area contributed by atoms with Crippen LogP contribution in [-0.2, 0) is 6.42 Å². The summed E-state index contributed by atoms with van der Waals surface area (Å²) in [6.45, 7) is 1.75. The average Bonchev–Trinajstić information content (AvgIpc) is 3.10. The number of ether oxygens (including phenoxy) is 2. The van der Waals surface area contributed by atoms with Gasteiger partial charge in [0.15, 0.2) is 17.2 Å². The van der Waals surface area contributed by atoms with Gasteiger partial charge in [0.05, 0.1) is 14.2 Å². The highest BCUT2D eigenvalue weighted by Crippen LogP contribution is 2.30. The zero-order valence-corrected chi connectivity index (χ0v) is 14.4. The van der Waals surface area contributed by atoms with E-state index in [1.807, 2.05) is 18.2 Å². The van der Waals surface area contributed by atoms with Crippen molar-refractivity contribution in [2.45, 2.75) is 12.8 Å². The topological polar surface area (TPSA) is 71.9 Å². The Hall–Kier alpha value is -2.76. The molecule has 0 radical (unpaired) electrons. The summed E-state index contributed by atoms with van der Waals surface area (Å²) in [5.41, 5.74) is 1.29. The van der Waals surface area contributed by atoms with Crippen LogP contribution in [0.2, 0.25) is 0 Å². The molecule has 25 heavy (non-hydrogen) atoms. The van der Waals surface area contributed by atoms with Gasteiger partial charge < -0.3 is 19.5 Å². The van der Waals surface area contributed by atoms with E-state index in [1.54, 1.807) is 20.3 Å². The van der Waals surface area contributed by atoms with Crippen LogP contribution in [-0.4, -0.2) is 43.4 Å². The summed E-state index contributed by atoms with van der Waals surface area (Å²) < 4.78 is 10.6. The number of aromatic nitrogens is 1. The third kappa shape index (κ3) is 3.84. The molecule has 6 heteroatoms. The molecular formula is C19H22N2O4. The van der Waals surface area contributed by atoms with E-state index in [0.29, 0.717) is 5.92 Å². The second-order valence-electron chi connectivity index (χ2n) is 6.18. The van der Waals surface area contributed by atoms with Crippen molar-refractivity contribution in [3.8, 4) is 11.5 Å². The first-order chi connectivity index (χ1) is 12.1. The van der Waals surface area contributed by atoms with Crippen LogP contribution in [0.5, 0.6) is 11.5 Å². The highest BCUT2D eigenvalue weighted by Gasteiger charge is 2.24. The summed E-state index contributed by atoms with van der Waals surface area (Å²) in [4.78, 5) is 17.5. The standard InChI is InChI=1S/C19H22N2O4/c1-24-16-7-6-13(11-17(16)25-2)10-14-8-9-21(12-14)18-5-3-4-15(20-18)19(22)23/h3-7,11,14H,8-10,12H2,1-2H3,(H,22,23). The number of methoxy groups -OCH3 is 2. The zero-order chi connectivity index (χ0) is 17.8. The lowest BCUT2D eigenvalue weighted by Crippen LogP contribution is -2.22. The molecule has 1 atom stereocenters. The molecule has 0 amide bonds. The van der Waals surface area contributed by atoms with Crippen molar-refractivity contribution in [2.75, 3.05) is 32.2 Å². The van der Waals surface area contributed by atoms with Crippen LogP contribution >= 0.6 is 0 Å². The van der Waals surface area contributed by atoms with Gasteiger partial charge in [-0.2, -0.15) is 0 Å². The van der Waals surface area contributed by atoms with Crippen molar-refractivity contribution >= 4 is 11.8 Å². The maximum Gasteiger partial charge on any atom is 0.354 e. The van der Waals surface area contributed by atoms with Crippen LogP contribution in [0.3, 0.4) is 0 Å². The van der Waals surface area contributed by atoms with E-state index in [0.717, 1.165) is 43.2 Å². The number of carboxylic acids is 1. The number of hydrogen-bond acceptors (Lipinski definition) is 5. The predicted molar refractivity (Wildman–Crippen MR) is 94.8 cm³/mol. The van der Waals surface area contributed by atoms with Gasteiger partial charge in [0.25, 0.3) is 0 Å². The fourth-order valence-electron chi connectivity index (χ4n) is 3.27. The number of benzene rings is 1. The number of aromatic carboxylic acids is 1. The van der Waals surface area contributed by atoms with E-state index in [4.69, 9.17) is 14.6 Å². The molecule has 3 rings (SSSR count). The molecule has 1 saturated heterocycles. The first-order valence-corrected chi connectivity index (χ1v) is 8.27. The van der Waals surface area contributed by atoms with Crippen molar-refractivity contribution in [1.29, 1.82) is 0 Å². The zero-order valence-electron chi connectivity index (χ0n) is 14.4. The Balaban J connectivity index is 1.67. The molecule has 1 fully saturated rings. The average molecular weight is 342 g/mol. The molecule has 1 aliphatic heterocycles. The third-order valence-electron chi connectivity index (χ3n) is 4.54. The van der Waals surface area contributed by atoms with Gasteiger partial charge in [0, 0.05) is 13.1 Å². The van der Waals surface area contributed by atoms with Gasteiger partial charge in [-0.15, -0.1) is 0 Å². The fraction of sp³-hybridized carbons (Fsp3) is 0.368. The number of nitrogens with zero attached hydrogens (tertiary/aromatic N) is 2. The van der Waals surface area contributed by atoms with Gasteiger partial charge in [0.1, 0.15) is 5.82 Å². The van der Waals surface area contributed by atoms with Gasteiger partial charge in [-0.3, -0.25) is 0 Å². The highest BCUT2D eigenvalue weighted by atomic mass is 16.5. The highest BCUT2D eigenvalue weighted by molar-refractivity contribution is 5.85. The van der Waals surface area contributed by atoms with E-state index in [2.05, 4.69) is 16.0 Å². The van der Waals surface area contributed by atoms with Crippen LogP contribution in [0.1, 0.15) is 22.5 Å². The number of hydrogen-bond donors (Lipinski definition) is 1. The van der Waals surface area contributed by atoms with E-state index in [-0.39, 0.29) is 5.69 Å². The van der Waals surface area contributed by atoms with Crippen LogP contribution in [0.4, 0.5) is 5.82 Å². The molecule has 0 spiro atoms. The second kappa shape index (κ2) is 7.42. The molecular weight excluding hydrogens is 320 g/mol. The lowest BCUT2D eigenvalue weighted by atomic mass is 9.98. The normalized spacial score (nSPS) is 16.7. The lowest BCUT2D eigenvalue weighted by molar-refractivity contribution is 0.0690. The summed E-state index contributed by atoms with van der Waals surface area (Å²) in [6.07, 6.45) is 1.99. The summed E-state index contributed by atoms with van der Waals surface area (Å²) >= 11 is 0. The smallest absolute Gasteiger partial charge is 0.354 e. The number of carboxylic acid groups (broad SMARTS) is 1. The second-order valence-corrected chi connectivity index (χ2v) is 6.18. The molecule has 1 aliphatic rings. The summed E-state index contributed by atoms with van der Waals surface area (Å²) in [7, 11) is 3.27.